The van der Waals surface area contributed by atoms with Gasteiger partial charge in [0.25, 0.3) is 0 Å². The van der Waals surface area contributed by atoms with Crippen molar-refractivity contribution in [3.8, 4) is 17.2 Å². The summed E-state index contributed by atoms with van der Waals surface area (Å²) in [5.41, 5.74) is 0.696. The molecule has 4 aromatic rings. The van der Waals surface area contributed by atoms with Gasteiger partial charge in [0.2, 0.25) is 9.81 Å². The number of carbonyl (C=O) groups is 1. The SMILES string of the molecule is CCOC(=O)c1nn(-c2ccccc2)/c(=N\N=C\c2c(O)cc3oc(C)cc(=O)c3c2OC)s1. The molecule has 1 N–H and O–H groups in total. The fourth-order valence-corrected chi connectivity index (χ4v) is 4.00. The number of ether oxygens (including phenoxy) is 2. The first kappa shape index (κ1) is 22.9. The van der Waals surface area contributed by atoms with Gasteiger partial charge in [-0.1, -0.05) is 29.5 Å². The molecule has 174 valence electrons. The van der Waals surface area contributed by atoms with Gasteiger partial charge in [-0.25, -0.2) is 9.48 Å². The van der Waals surface area contributed by atoms with Gasteiger partial charge >= 0.3 is 5.97 Å². The van der Waals surface area contributed by atoms with Crippen molar-refractivity contribution in [2.45, 2.75) is 13.8 Å². The predicted molar refractivity (Wildman–Crippen MR) is 126 cm³/mol. The minimum Gasteiger partial charge on any atom is -0.507 e. The monoisotopic (exact) mass is 480 g/mol. The number of para-hydroxylation sites is 1. The molecule has 11 heteroatoms. The molecule has 0 atom stereocenters. The zero-order valence-electron chi connectivity index (χ0n) is 18.5. The highest BCUT2D eigenvalue weighted by Crippen LogP contribution is 2.33. The van der Waals surface area contributed by atoms with Crippen LogP contribution in [-0.4, -0.2) is 40.8 Å². The number of carbonyl (C=O) groups excluding carboxylic acids is 1. The predicted octanol–water partition coefficient (Wildman–Crippen LogP) is 3.17. The number of phenols is 1. The summed E-state index contributed by atoms with van der Waals surface area (Å²) in [6.45, 7) is 3.56. The maximum Gasteiger partial charge on any atom is 0.369 e. The maximum atomic E-state index is 12.5. The van der Waals surface area contributed by atoms with Gasteiger partial charge in [0.1, 0.15) is 28.2 Å². The Labute approximate surface area is 197 Å². The van der Waals surface area contributed by atoms with Crippen LogP contribution in [0.25, 0.3) is 16.7 Å². The molecule has 0 aliphatic heterocycles. The number of aromatic nitrogens is 2. The molecule has 0 fully saturated rings. The average molecular weight is 481 g/mol. The first-order chi connectivity index (χ1) is 16.4. The Balaban J connectivity index is 1.83. The summed E-state index contributed by atoms with van der Waals surface area (Å²) in [4.78, 5) is 25.0. The number of aromatic hydroxyl groups is 1. The fourth-order valence-electron chi connectivity index (χ4n) is 3.24. The van der Waals surface area contributed by atoms with Crippen molar-refractivity contribution in [1.29, 1.82) is 0 Å². The van der Waals surface area contributed by atoms with Crippen LogP contribution in [0.2, 0.25) is 0 Å². The van der Waals surface area contributed by atoms with E-state index in [1.165, 1.54) is 30.1 Å². The highest BCUT2D eigenvalue weighted by Gasteiger charge is 2.18. The number of phenolic OH excluding ortho intramolecular Hbond substituents is 1. The Bertz CT molecular complexity index is 1520. The molecular formula is C23H20N4O6S. The molecule has 0 aliphatic carbocycles. The molecule has 0 saturated carbocycles. The standard InChI is InChI=1S/C23H20N4O6S/c1-4-32-22(30)21-26-27(14-8-6-5-7-9-14)23(34-21)25-24-12-15-16(28)11-18-19(20(15)31-3)17(29)10-13(2)33-18/h5-12,28H,4H2,1-3H3/b24-12+,25-23+. The lowest BCUT2D eigenvalue weighted by atomic mass is 10.1. The minimum absolute atomic E-state index is 0.107. The van der Waals surface area contributed by atoms with Gasteiger partial charge in [-0.3, -0.25) is 4.79 Å². The van der Waals surface area contributed by atoms with E-state index in [2.05, 4.69) is 15.3 Å². The summed E-state index contributed by atoms with van der Waals surface area (Å²) in [7, 11) is 1.38. The fraction of sp³-hybridized carbons (Fsp3) is 0.174. The Kier molecular flexibility index (Phi) is 6.55. The lowest BCUT2D eigenvalue weighted by Gasteiger charge is -2.09. The molecule has 0 saturated heterocycles. The molecule has 4 rings (SSSR count). The summed E-state index contributed by atoms with van der Waals surface area (Å²) in [6.07, 6.45) is 1.26. The molecule has 34 heavy (non-hydrogen) atoms. The van der Waals surface area contributed by atoms with Crippen LogP contribution < -0.4 is 15.0 Å². The minimum atomic E-state index is -0.571. The third kappa shape index (κ3) is 4.46. The second-order valence-corrected chi connectivity index (χ2v) is 7.90. The van der Waals surface area contributed by atoms with Crippen molar-refractivity contribution in [1.82, 2.24) is 9.78 Å². The summed E-state index contributed by atoms with van der Waals surface area (Å²) in [6, 6.07) is 11.8. The molecule has 0 radical (unpaired) electrons. The van der Waals surface area contributed by atoms with E-state index < -0.39 is 5.97 Å². The largest absolute Gasteiger partial charge is 0.507 e. The van der Waals surface area contributed by atoms with E-state index in [9.17, 15) is 14.7 Å². The van der Waals surface area contributed by atoms with Crippen LogP contribution in [-0.2, 0) is 4.74 Å². The lowest BCUT2D eigenvalue weighted by Crippen LogP contribution is -2.14. The number of hydrogen-bond donors (Lipinski definition) is 1. The van der Waals surface area contributed by atoms with Crippen LogP contribution >= 0.6 is 11.3 Å². The number of aryl methyl sites for hydroxylation is 1. The number of fused-ring (bicyclic) bond motifs is 1. The molecule has 2 aromatic heterocycles. The van der Waals surface area contributed by atoms with Gasteiger partial charge in [-0.05, 0) is 26.0 Å². The molecule has 0 unspecified atom stereocenters. The Morgan fingerprint density at radius 1 is 1.29 bits per heavy atom. The highest BCUT2D eigenvalue weighted by molar-refractivity contribution is 7.10. The van der Waals surface area contributed by atoms with Gasteiger partial charge in [0.15, 0.2) is 5.43 Å². The van der Waals surface area contributed by atoms with Gasteiger partial charge in [0, 0.05) is 12.1 Å². The van der Waals surface area contributed by atoms with Crippen LogP contribution in [0, 0.1) is 6.92 Å². The second kappa shape index (κ2) is 9.71. The summed E-state index contributed by atoms with van der Waals surface area (Å²) < 4.78 is 17.4. The van der Waals surface area contributed by atoms with Crippen LogP contribution in [0.5, 0.6) is 11.5 Å². The number of hydrogen-bond acceptors (Lipinski definition) is 10. The molecule has 10 nitrogen and oxygen atoms in total. The van der Waals surface area contributed by atoms with E-state index in [4.69, 9.17) is 13.9 Å². The van der Waals surface area contributed by atoms with E-state index in [1.54, 1.807) is 26.0 Å². The van der Waals surface area contributed by atoms with Gasteiger partial charge in [-0.2, -0.15) is 5.10 Å². The van der Waals surface area contributed by atoms with E-state index >= 15 is 0 Å². The van der Waals surface area contributed by atoms with Gasteiger partial charge in [-0.15, -0.1) is 10.2 Å². The lowest BCUT2D eigenvalue weighted by molar-refractivity contribution is 0.0524. The number of rotatable bonds is 6. The van der Waals surface area contributed by atoms with E-state index in [1.807, 2.05) is 18.2 Å². The van der Waals surface area contributed by atoms with E-state index in [0.717, 1.165) is 11.3 Å². The maximum absolute atomic E-state index is 12.5. The zero-order chi connectivity index (χ0) is 24.2. The van der Waals surface area contributed by atoms with Gasteiger partial charge in [0.05, 0.1) is 31.2 Å². The van der Waals surface area contributed by atoms with Crippen molar-refractivity contribution in [3.05, 3.63) is 73.8 Å². The molecule has 0 spiro atoms. The first-order valence-electron chi connectivity index (χ1n) is 10.2. The van der Waals surface area contributed by atoms with Crippen molar-refractivity contribution in [2.75, 3.05) is 13.7 Å². The quantitative estimate of drug-likeness (QED) is 0.255. The normalized spacial score (nSPS) is 11.9. The summed E-state index contributed by atoms with van der Waals surface area (Å²) >= 11 is 0.996. The van der Waals surface area contributed by atoms with Gasteiger partial charge < -0.3 is 19.0 Å². The molecular weight excluding hydrogens is 460 g/mol. The number of nitrogens with zero attached hydrogens (tertiary/aromatic N) is 4. The second-order valence-electron chi connectivity index (χ2n) is 6.94. The topological polar surface area (TPSA) is 129 Å². The summed E-state index contributed by atoms with van der Waals surface area (Å²) in [5.74, 6) is -0.262. The highest BCUT2D eigenvalue weighted by atomic mass is 32.1. The van der Waals surface area contributed by atoms with Crippen LogP contribution in [0.3, 0.4) is 0 Å². The average Bonchev–Trinajstić information content (AvgIpc) is 3.24. The van der Waals surface area contributed by atoms with Crippen LogP contribution in [0.4, 0.5) is 0 Å². The molecule has 0 amide bonds. The summed E-state index contributed by atoms with van der Waals surface area (Å²) in [5, 5.41) is 23.4. The van der Waals surface area contributed by atoms with E-state index in [0.29, 0.717) is 16.2 Å². The van der Waals surface area contributed by atoms with E-state index in [-0.39, 0.29) is 45.1 Å². The zero-order valence-corrected chi connectivity index (χ0v) is 19.3. The number of esters is 1. The number of methoxy groups -OCH3 is 1. The Morgan fingerprint density at radius 2 is 2.06 bits per heavy atom. The first-order valence-corrected chi connectivity index (χ1v) is 11.0. The smallest absolute Gasteiger partial charge is 0.369 e. The molecule has 2 aromatic carbocycles. The number of benzene rings is 2. The third-order valence-corrected chi connectivity index (χ3v) is 5.54. The van der Waals surface area contributed by atoms with Crippen LogP contribution in [0.15, 0.2) is 61.9 Å². The molecule has 0 aliphatic rings. The van der Waals surface area contributed by atoms with Crippen molar-refractivity contribution < 1.29 is 23.8 Å². The van der Waals surface area contributed by atoms with Crippen molar-refractivity contribution in [3.63, 3.8) is 0 Å². The molecule has 0 bridgehead atoms. The Morgan fingerprint density at radius 3 is 2.76 bits per heavy atom. The molecule has 2 heterocycles. The third-order valence-electron chi connectivity index (χ3n) is 4.66. The van der Waals surface area contributed by atoms with Crippen molar-refractivity contribution in [2.24, 2.45) is 10.2 Å². The Hall–Kier alpha value is -4.25. The van der Waals surface area contributed by atoms with Crippen molar-refractivity contribution >= 4 is 34.5 Å². The van der Waals surface area contributed by atoms with Crippen LogP contribution in [0.1, 0.15) is 28.0 Å².